The summed E-state index contributed by atoms with van der Waals surface area (Å²) in [5, 5.41) is 21.7. The van der Waals surface area contributed by atoms with E-state index in [2.05, 4.69) is 251 Å². The van der Waals surface area contributed by atoms with E-state index in [1.807, 2.05) is 12.1 Å². The predicted molar refractivity (Wildman–Crippen MR) is 308 cm³/mol. The Bertz CT molecular complexity index is 4300. The summed E-state index contributed by atoms with van der Waals surface area (Å²) in [4.78, 5) is 4.67. The van der Waals surface area contributed by atoms with Gasteiger partial charge in [0.25, 0.3) is 0 Å². The van der Waals surface area contributed by atoms with Crippen molar-refractivity contribution in [1.29, 1.82) is 0 Å². The van der Waals surface area contributed by atoms with Crippen LogP contribution in [0.3, 0.4) is 0 Å². The standard InChI is InChI=1S/C69H52N2O2/c1-42-27-35-59(45(4)39-42)70(63-25-13-21-53(67(63)72)51-19-11-18-50(41-51)52-20-10-9-15-44(52)3)61-37-31-48-30-34-58-62(38-32-49-29-33-57(61)65(48)66(49)58)71(60-36-28-43(2)40-46(60)5)64-26-14-24-56-55-23-12-22-54(68(55)73-69(56)64)47-16-7-6-8-17-47/h6-41,72H,1-5H3. The van der Waals surface area contributed by atoms with E-state index in [0.29, 0.717) is 5.69 Å². The molecule has 0 radical (unpaired) electrons. The number of aryl methyl sites for hydroxylation is 5. The van der Waals surface area contributed by atoms with E-state index in [0.717, 1.165) is 105 Å². The largest absolute Gasteiger partial charge is 0.505 e. The highest BCUT2D eigenvalue weighted by Crippen LogP contribution is 2.52. The first-order valence-electron chi connectivity index (χ1n) is 25.1. The van der Waals surface area contributed by atoms with Crippen LogP contribution in [-0.2, 0) is 0 Å². The number of rotatable bonds is 9. The highest BCUT2D eigenvalue weighted by atomic mass is 16.3. The van der Waals surface area contributed by atoms with Gasteiger partial charge in [-0.25, -0.2) is 0 Å². The Hall–Kier alpha value is -9.12. The van der Waals surface area contributed by atoms with Crippen LogP contribution in [0.2, 0.25) is 0 Å². The van der Waals surface area contributed by atoms with Crippen LogP contribution in [0.5, 0.6) is 5.75 Å². The molecule has 0 aliphatic heterocycles. The van der Waals surface area contributed by atoms with E-state index >= 15 is 0 Å². The van der Waals surface area contributed by atoms with E-state index in [1.54, 1.807) is 0 Å². The molecule has 73 heavy (non-hydrogen) atoms. The molecule has 12 aromatic carbocycles. The molecule has 1 aromatic heterocycles. The number of phenolic OH excluding ortho intramolecular Hbond substituents is 1. The molecule has 0 saturated heterocycles. The van der Waals surface area contributed by atoms with Gasteiger partial charge in [-0.2, -0.15) is 0 Å². The smallest absolute Gasteiger partial charge is 0.159 e. The maximum absolute atomic E-state index is 12.7. The van der Waals surface area contributed by atoms with Gasteiger partial charge < -0.3 is 19.3 Å². The third-order valence-corrected chi connectivity index (χ3v) is 15.0. The Morgan fingerprint density at radius 2 is 0.795 bits per heavy atom. The number of para-hydroxylation sites is 3. The summed E-state index contributed by atoms with van der Waals surface area (Å²) in [5.41, 5.74) is 19.6. The Labute approximate surface area is 425 Å². The highest BCUT2D eigenvalue weighted by molar-refractivity contribution is 6.28. The van der Waals surface area contributed by atoms with Gasteiger partial charge in [-0.3, -0.25) is 0 Å². The zero-order valence-corrected chi connectivity index (χ0v) is 41.5. The number of benzene rings is 12. The molecule has 4 heteroatoms. The number of fused-ring (bicyclic) bond motifs is 3. The first-order chi connectivity index (χ1) is 35.7. The van der Waals surface area contributed by atoms with E-state index in [4.69, 9.17) is 4.42 Å². The van der Waals surface area contributed by atoms with E-state index in [9.17, 15) is 5.11 Å². The van der Waals surface area contributed by atoms with Crippen molar-refractivity contribution in [1.82, 2.24) is 0 Å². The maximum atomic E-state index is 12.7. The number of furan rings is 1. The molecule has 0 amide bonds. The molecule has 4 nitrogen and oxygen atoms in total. The number of hydrogen-bond donors (Lipinski definition) is 1. The van der Waals surface area contributed by atoms with Crippen LogP contribution in [0.25, 0.3) is 87.6 Å². The second-order valence-electron chi connectivity index (χ2n) is 19.7. The van der Waals surface area contributed by atoms with Crippen LogP contribution in [0.15, 0.2) is 223 Å². The summed E-state index contributed by atoms with van der Waals surface area (Å²) in [6.45, 7) is 10.8. The lowest BCUT2D eigenvalue weighted by atomic mass is 9.91. The molecule has 0 fully saturated rings. The average Bonchev–Trinajstić information content (AvgIpc) is 3.81. The lowest BCUT2D eigenvalue weighted by Crippen LogP contribution is -2.13. The fourth-order valence-electron chi connectivity index (χ4n) is 11.6. The van der Waals surface area contributed by atoms with Crippen molar-refractivity contribution in [2.45, 2.75) is 34.6 Å². The van der Waals surface area contributed by atoms with Crippen molar-refractivity contribution in [3.05, 3.63) is 246 Å². The molecule has 1 heterocycles. The van der Waals surface area contributed by atoms with Gasteiger partial charge in [0.2, 0.25) is 0 Å². The topological polar surface area (TPSA) is 39.9 Å². The third kappa shape index (κ3) is 7.20. The lowest BCUT2D eigenvalue weighted by Gasteiger charge is -2.31. The Kier molecular flexibility index (Phi) is 10.4. The van der Waals surface area contributed by atoms with Crippen LogP contribution in [-0.4, -0.2) is 5.11 Å². The van der Waals surface area contributed by atoms with Crippen LogP contribution in [0, 0.1) is 34.6 Å². The van der Waals surface area contributed by atoms with Crippen LogP contribution < -0.4 is 9.80 Å². The Balaban J connectivity index is 1.03. The zero-order valence-electron chi connectivity index (χ0n) is 41.5. The molecule has 0 atom stereocenters. The normalized spacial score (nSPS) is 11.7. The number of hydrogen-bond acceptors (Lipinski definition) is 4. The molecule has 0 aliphatic carbocycles. The maximum Gasteiger partial charge on any atom is 0.159 e. The summed E-state index contributed by atoms with van der Waals surface area (Å²) in [6.07, 6.45) is 0. The van der Waals surface area contributed by atoms with Crippen molar-refractivity contribution >= 4 is 88.4 Å². The second-order valence-corrected chi connectivity index (χ2v) is 19.7. The average molecular weight is 941 g/mol. The van der Waals surface area contributed by atoms with Crippen LogP contribution in [0.4, 0.5) is 34.1 Å². The summed E-state index contributed by atoms with van der Waals surface area (Å²) < 4.78 is 7.13. The van der Waals surface area contributed by atoms with Gasteiger partial charge in [0.15, 0.2) is 5.58 Å². The zero-order chi connectivity index (χ0) is 49.5. The van der Waals surface area contributed by atoms with E-state index < -0.39 is 0 Å². The highest BCUT2D eigenvalue weighted by Gasteiger charge is 2.27. The molecule has 13 rings (SSSR count). The number of nitrogens with zero attached hydrogens (tertiary/aromatic N) is 2. The second kappa shape index (κ2) is 17.3. The molecule has 0 unspecified atom stereocenters. The van der Waals surface area contributed by atoms with Crippen molar-refractivity contribution in [3.63, 3.8) is 0 Å². The van der Waals surface area contributed by atoms with Crippen molar-refractivity contribution in [2.75, 3.05) is 9.80 Å². The monoisotopic (exact) mass is 940 g/mol. The van der Waals surface area contributed by atoms with Crippen LogP contribution in [0.1, 0.15) is 27.8 Å². The van der Waals surface area contributed by atoms with Crippen molar-refractivity contribution in [2.24, 2.45) is 0 Å². The number of aromatic hydroxyl groups is 1. The molecule has 350 valence electrons. The minimum absolute atomic E-state index is 0.220. The van der Waals surface area contributed by atoms with Gasteiger partial charge in [-0.15, -0.1) is 0 Å². The minimum atomic E-state index is 0.220. The number of phenols is 1. The summed E-state index contributed by atoms with van der Waals surface area (Å²) in [7, 11) is 0. The predicted octanol–water partition coefficient (Wildman–Crippen LogP) is 19.7. The SMILES string of the molecule is Cc1ccc(N(c2cccc(-c3cccc(-c4ccccc4C)c3)c2O)c2ccc3ccc4c(N(c5ccc(C)cc5C)c5cccc6c5oc5c(-c7ccccc7)cccc56)ccc5ccc2c3c54)c(C)c1. The fourth-order valence-corrected chi connectivity index (χ4v) is 11.6. The van der Waals surface area contributed by atoms with Gasteiger partial charge in [0.05, 0.1) is 22.7 Å². The lowest BCUT2D eigenvalue weighted by molar-refractivity contribution is 0.478. The quantitative estimate of drug-likeness (QED) is 0.146. The third-order valence-electron chi connectivity index (χ3n) is 15.0. The van der Waals surface area contributed by atoms with Gasteiger partial charge in [0.1, 0.15) is 11.3 Å². The van der Waals surface area contributed by atoms with Crippen LogP contribution >= 0.6 is 0 Å². The van der Waals surface area contributed by atoms with Gasteiger partial charge in [-0.05, 0) is 138 Å². The first-order valence-corrected chi connectivity index (χ1v) is 25.1. The minimum Gasteiger partial charge on any atom is -0.505 e. The summed E-state index contributed by atoms with van der Waals surface area (Å²) in [5.74, 6) is 0.220. The molecular weight excluding hydrogens is 889 g/mol. The molecule has 0 saturated carbocycles. The molecule has 0 spiro atoms. The summed E-state index contributed by atoms with van der Waals surface area (Å²) >= 11 is 0. The fraction of sp³-hybridized carbons (Fsp3) is 0.0725. The molecular formula is C69H52N2O2. The molecule has 0 aliphatic rings. The van der Waals surface area contributed by atoms with Gasteiger partial charge >= 0.3 is 0 Å². The van der Waals surface area contributed by atoms with Crippen molar-refractivity contribution in [3.8, 4) is 39.1 Å². The Morgan fingerprint density at radius 3 is 1.44 bits per heavy atom. The van der Waals surface area contributed by atoms with Gasteiger partial charge in [-0.1, -0.05) is 187 Å². The van der Waals surface area contributed by atoms with E-state index in [1.165, 1.54) is 38.6 Å². The number of anilines is 6. The molecule has 1 N–H and O–H groups in total. The summed E-state index contributed by atoms with van der Waals surface area (Å²) in [6, 6.07) is 78.0. The van der Waals surface area contributed by atoms with Gasteiger partial charge in [0, 0.05) is 44.0 Å². The molecule has 13 aromatic rings. The van der Waals surface area contributed by atoms with Crippen molar-refractivity contribution < 1.29 is 9.52 Å². The first kappa shape index (κ1) is 43.9. The van der Waals surface area contributed by atoms with E-state index in [-0.39, 0.29) is 5.75 Å². The Morgan fingerprint density at radius 1 is 0.315 bits per heavy atom. The molecule has 0 bridgehead atoms.